The Morgan fingerprint density at radius 2 is 1.13 bits per heavy atom. The van der Waals surface area contributed by atoms with Crippen molar-refractivity contribution in [1.29, 1.82) is 0 Å². The number of alkyl halides is 6. The monoisotopic (exact) mass is 924 g/mol. The highest BCUT2D eigenvalue weighted by Gasteiger charge is 2.48. The van der Waals surface area contributed by atoms with E-state index in [4.69, 9.17) is 0 Å². The lowest BCUT2D eigenvalue weighted by atomic mass is 9.79. The molecule has 60 heavy (non-hydrogen) atoms. The molecule has 4 aromatic rings. The summed E-state index contributed by atoms with van der Waals surface area (Å²) in [7, 11) is -9.45. The van der Waals surface area contributed by atoms with E-state index in [0.29, 0.717) is 17.9 Å². The third-order valence-corrected chi connectivity index (χ3v) is 13.3. The second-order valence-electron chi connectivity index (χ2n) is 15.3. The van der Waals surface area contributed by atoms with Crippen LogP contribution < -0.4 is 19.2 Å². The molecule has 16 nitrogen and oxygen atoms in total. The average Bonchev–Trinajstić information content (AvgIpc) is 3.85. The number of aromatic nitrogens is 4. The number of hydrogen-bond donors (Lipinski definition) is 2. The molecule has 328 valence electrons. The standard InChI is InChI=1S/C18H23F3N6O2S2.C16H19F3N6O2S2/c1-5-6-27-15-8-14(26-31(28,29)18(19,20)21)13(23-25-16-24-22-10-30-16)7-12(15)11(2)9-17(27,3)4;1-9-7-15(2,3)25(4)13-6-12(24-29(26,27)16(17,18)19)11(5-10(9)13)21-23-14-22-20-8-28-14/h7-8,10-11,26H,5-6,9H2,1-4H3;5-6,8-9,24H,7H2,1-4H3. The van der Waals surface area contributed by atoms with Crippen molar-refractivity contribution in [2.45, 2.75) is 102 Å². The van der Waals surface area contributed by atoms with E-state index >= 15 is 0 Å². The van der Waals surface area contributed by atoms with E-state index in [-0.39, 0.29) is 55.9 Å². The van der Waals surface area contributed by atoms with Crippen molar-refractivity contribution >= 4 is 87.1 Å². The molecule has 2 aliphatic heterocycles. The molecule has 2 N–H and O–H groups in total. The maximum atomic E-state index is 13.1. The first-order valence-corrected chi connectivity index (χ1v) is 22.8. The third kappa shape index (κ3) is 10.1. The molecular formula is C34H42F6N12O4S4. The van der Waals surface area contributed by atoms with Gasteiger partial charge < -0.3 is 9.80 Å². The maximum absolute atomic E-state index is 13.1. The van der Waals surface area contributed by atoms with Crippen molar-refractivity contribution < 1.29 is 43.2 Å². The number of nitrogens with zero attached hydrogens (tertiary/aromatic N) is 10. The first-order valence-electron chi connectivity index (χ1n) is 18.1. The molecule has 2 unspecified atom stereocenters. The van der Waals surface area contributed by atoms with Gasteiger partial charge in [-0.1, -0.05) is 43.4 Å². The Labute approximate surface area is 350 Å². The van der Waals surface area contributed by atoms with Gasteiger partial charge in [-0.05, 0) is 94.2 Å². The Hall–Kier alpha value is -4.56. The SMILES string of the molecule is CC1CC(C)(C)N(C)c2cc(NS(=O)(=O)C(F)(F)F)c(N=Nc3nncs3)cc21.CCCN1c2cc(NS(=O)(=O)C(F)(F)F)c(N=Nc3nncs3)cc2C(C)CC1(C)C. The molecular weight excluding hydrogens is 883 g/mol. The van der Waals surface area contributed by atoms with E-state index in [1.165, 1.54) is 23.2 Å². The average molecular weight is 925 g/mol. The van der Waals surface area contributed by atoms with Gasteiger partial charge in [-0.25, -0.2) is 0 Å². The van der Waals surface area contributed by atoms with E-state index in [0.717, 1.165) is 53.1 Å². The van der Waals surface area contributed by atoms with Crippen molar-refractivity contribution in [2.75, 3.05) is 32.8 Å². The molecule has 0 saturated heterocycles. The van der Waals surface area contributed by atoms with Crippen molar-refractivity contribution in [1.82, 2.24) is 20.4 Å². The normalized spacial score (nSPS) is 19.2. The summed E-state index contributed by atoms with van der Waals surface area (Å²) in [6.07, 6.45) is 2.44. The minimum absolute atomic E-state index is 0.0234. The van der Waals surface area contributed by atoms with E-state index < -0.39 is 31.1 Å². The molecule has 2 aromatic carbocycles. The Morgan fingerprint density at radius 1 is 0.717 bits per heavy atom. The van der Waals surface area contributed by atoms with Crippen LogP contribution in [-0.2, 0) is 20.0 Å². The summed E-state index contributed by atoms with van der Waals surface area (Å²) in [4.78, 5) is 4.01. The Kier molecular flexibility index (Phi) is 13.2. The lowest BCUT2D eigenvalue weighted by Crippen LogP contribution is -2.48. The van der Waals surface area contributed by atoms with E-state index in [9.17, 15) is 43.2 Å². The molecule has 0 aliphatic carbocycles. The number of hydrogen-bond acceptors (Lipinski definition) is 16. The van der Waals surface area contributed by atoms with Crippen LogP contribution in [0.15, 0.2) is 55.7 Å². The zero-order valence-corrected chi connectivity index (χ0v) is 36.7. The number of halogens is 6. The Morgan fingerprint density at radius 3 is 1.53 bits per heavy atom. The van der Waals surface area contributed by atoms with Crippen LogP contribution in [0.25, 0.3) is 0 Å². The van der Waals surface area contributed by atoms with Crippen LogP contribution in [0.2, 0.25) is 0 Å². The molecule has 2 aromatic heterocycles. The highest BCUT2D eigenvalue weighted by molar-refractivity contribution is 7.93. The van der Waals surface area contributed by atoms with Crippen LogP contribution in [-0.4, -0.2) is 72.9 Å². The fourth-order valence-electron chi connectivity index (χ4n) is 7.11. The molecule has 2 aliphatic rings. The Bertz CT molecular complexity index is 2440. The molecule has 0 fully saturated rings. The number of azo groups is 2. The van der Waals surface area contributed by atoms with Crippen LogP contribution in [0.1, 0.15) is 90.7 Å². The zero-order valence-electron chi connectivity index (χ0n) is 33.5. The van der Waals surface area contributed by atoms with Crippen LogP contribution in [0.3, 0.4) is 0 Å². The van der Waals surface area contributed by atoms with Crippen LogP contribution in [0, 0.1) is 0 Å². The Balaban J connectivity index is 0.000000228. The summed E-state index contributed by atoms with van der Waals surface area (Å²) < 4.78 is 128. The lowest BCUT2D eigenvalue weighted by molar-refractivity contribution is -0.0435. The van der Waals surface area contributed by atoms with Crippen molar-refractivity contribution in [3.8, 4) is 0 Å². The molecule has 0 saturated carbocycles. The topological polar surface area (TPSA) is 200 Å². The molecule has 0 amide bonds. The van der Waals surface area contributed by atoms with Crippen LogP contribution in [0.4, 0.5) is 70.7 Å². The second-order valence-corrected chi connectivity index (χ2v) is 20.3. The van der Waals surface area contributed by atoms with Gasteiger partial charge in [0.25, 0.3) is 10.3 Å². The number of nitrogens with one attached hydrogen (secondary N) is 2. The van der Waals surface area contributed by atoms with E-state index in [1.54, 1.807) is 21.6 Å². The molecule has 0 radical (unpaired) electrons. The predicted octanol–water partition coefficient (Wildman–Crippen LogP) is 10.7. The third-order valence-electron chi connectivity index (χ3n) is 9.98. The molecule has 0 bridgehead atoms. The highest BCUT2D eigenvalue weighted by atomic mass is 32.2. The minimum Gasteiger partial charge on any atom is -0.369 e. The van der Waals surface area contributed by atoms with Gasteiger partial charge in [0.05, 0.1) is 11.4 Å². The summed E-state index contributed by atoms with van der Waals surface area (Å²) in [5.41, 5.74) is -6.24. The number of fused-ring (bicyclic) bond motifs is 2. The molecule has 26 heteroatoms. The van der Waals surface area contributed by atoms with Gasteiger partial charge in [-0.2, -0.15) is 43.2 Å². The molecule has 2 atom stereocenters. The number of sulfonamides is 2. The quantitative estimate of drug-likeness (QED) is 0.114. The summed E-state index contributed by atoms with van der Waals surface area (Å²) >= 11 is 2.18. The summed E-state index contributed by atoms with van der Waals surface area (Å²) in [6.45, 7) is 14.8. The van der Waals surface area contributed by atoms with Gasteiger partial charge in [-0.3, -0.25) is 9.44 Å². The van der Waals surface area contributed by atoms with Gasteiger partial charge in [-0.15, -0.1) is 40.9 Å². The van der Waals surface area contributed by atoms with Crippen molar-refractivity contribution in [3.05, 3.63) is 46.4 Å². The fourth-order valence-corrected chi connectivity index (χ4v) is 8.99. The van der Waals surface area contributed by atoms with Gasteiger partial charge in [0.15, 0.2) is 0 Å². The van der Waals surface area contributed by atoms with E-state index in [2.05, 4.69) is 59.6 Å². The molecule has 4 heterocycles. The lowest BCUT2D eigenvalue weighted by Gasteiger charge is -2.47. The first-order chi connectivity index (χ1) is 27.7. The van der Waals surface area contributed by atoms with E-state index in [1.807, 2.05) is 46.6 Å². The zero-order chi connectivity index (χ0) is 44.6. The summed E-state index contributed by atoms with van der Waals surface area (Å²) in [5, 5.41) is 30.7. The first kappa shape index (κ1) is 46.5. The highest BCUT2D eigenvalue weighted by Crippen LogP contribution is 2.49. The van der Waals surface area contributed by atoms with Crippen LogP contribution >= 0.6 is 22.7 Å². The van der Waals surface area contributed by atoms with Crippen LogP contribution in [0.5, 0.6) is 0 Å². The number of rotatable bonds is 10. The number of benzene rings is 2. The molecule has 0 spiro atoms. The smallest absolute Gasteiger partial charge is 0.369 e. The second kappa shape index (κ2) is 17.1. The van der Waals surface area contributed by atoms with Gasteiger partial charge in [0.1, 0.15) is 22.4 Å². The summed E-state index contributed by atoms with van der Waals surface area (Å²) in [6, 6.07) is 5.94. The largest absolute Gasteiger partial charge is 0.516 e. The predicted molar refractivity (Wildman–Crippen MR) is 219 cm³/mol. The minimum atomic E-state index is -5.64. The van der Waals surface area contributed by atoms with Crippen molar-refractivity contribution in [3.63, 3.8) is 0 Å². The van der Waals surface area contributed by atoms with Gasteiger partial charge in [0, 0.05) is 36.0 Å². The van der Waals surface area contributed by atoms with Crippen molar-refractivity contribution in [2.24, 2.45) is 20.5 Å². The summed E-state index contributed by atoms with van der Waals surface area (Å²) in [5.74, 6) is 0.168. The number of anilines is 4. The molecule has 6 rings (SSSR count). The maximum Gasteiger partial charge on any atom is 0.516 e. The fraction of sp³-hybridized carbons (Fsp3) is 0.529. The van der Waals surface area contributed by atoms with Gasteiger partial charge >= 0.3 is 31.1 Å². The van der Waals surface area contributed by atoms with Gasteiger partial charge in [0.2, 0.25) is 0 Å².